The SMILES string of the molecule is O=C(NCc1cnc(-c2c[nH]c3ncccc23)s1)c1cccn(Cc2ccc(F)c(F)c2)c1=O. The molecule has 1 aromatic carbocycles. The lowest BCUT2D eigenvalue weighted by Gasteiger charge is -2.09. The highest BCUT2D eigenvalue weighted by molar-refractivity contribution is 7.15. The maximum atomic E-state index is 13.5. The standard InChI is InChI=1S/C24H17F2N5O2S/c25-19-6-5-14(9-20(19)26)13-31-8-2-4-17(24(31)33)22(32)29-10-15-11-30-23(34-15)18-12-28-21-16(18)3-1-7-27-21/h1-9,11-12H,10,13H2,(H,27,28)(H,29,32). The Kier molecular flexibility index (Phi) is 5.72. The minimum atomic E-state index is -0.993. The van der Waals surface area contributed by atoms with Crippen LogP contribution in [0.25, 0.3) is 21.6 Å². The minimum absolute atomic E-state index is 0.00877. The van der Waals surface area contributed by atoms with Gasteiger partial charge < -0.3 is 14.9 Å². The van der Waals surface area contributed by atoms with E-state index in [1.54, 1.807) is 18.5 Å². The van der Waals surface area contributed by atoms with Crippen molar-refractivity contribution in [1.29, 1.82) is 0 Å². The Morgan fingerprint density at radius 3 is 2.85 bits per heavy atom. The van der Waals surface area contributed by atoms with Gasteiger partial charge in [0.25, 0.3) is 11.5 Å². The number of halogens is 2. The molecule has 10 heteroatoms. The van der Waals surface area contributed by atoms with Crippen molar-refractivity contribution in [3.63, 3.8) is 0 Å². The van der Waals surface area contributed by atoms with E-state index in [0.29, 0.717) is 5.56 Å². The van der Waals surface area contributed by atoms with Crippen LogP contribution < -0.4 is 10.9 Å². The number of H-pyrrole nitrogens is 1. The normalized spacial score (nSPS) is 11.1. The van der Waals surface area contributed by atoms with Crippen LogP contribution in [0.2, 0.25) is 0 Å². The zero-order valence-corrected chi connectivity index (χ0v) is 18.4. The lowest BCUT2D eigenvalue weighted by atomic mass is 10.2. The highest BCUT2D eigenvalue weighted by atomic mass is 32.1. The number of aromatic nitrogens is 4. The third kappa shape index (κ3) is 4.23. The van der Waals surface area contributed by atoms with Gasteiger partial charge in [0.1, 0.15) is 16.2 Å². The summed E-state index contributed by atoms with van der Waals surface area (Å²) >= 11 is 1.43. The van der Waals surface area contributed by atoms with Crippen LogP contribution >= 0.6 is 11.3 Å². The van der Waals surface area contributed by atoms with Gasteiger partial charge in [0.15, 0.2) is 11.6 Å². The molecule has 0 saturated carbocycles. The maximum Gasteiger partial charge on any atom is 0.263 e. The fraction of sp³-hybridized carbons (Fsp3) is 0.0833. The second kappa shape index (κ2) is 8.99. The molecule has 0 atom stereocenters. The first-order valence-electron chi connectivity index (χ1n) is 10.3. The molecule has 5 aromatic rings. The highest BCUT2D eigenvalue weighted by Crippen LogP contribution is 2.30. The predicted molar refractivity (Wildman–Crippen MR) is 125 cm³/mol. The van der Waals surface area contributed by atoms with Gasteiger partial charge in [0, 0.05) is 40.6 Å². The van der Waals surface area contributed by atoms with E-state index < -0.39 is 23.1 Å². The van der Waals surface area contributed by atoms with Crippen molar-refractivity contribution in [2.24, 2.45) is 0 Å². The number of fused-ring (bicyclic) bond motifs is 1. The zero-order valence-electron chi connectivity index (χ0n) is 17.6. The van der Waals surface area contributed by atoms with Gasteiger partial charge in [-0.25, -0.2) is 18.7 Å². The molecule has 0 spiro atoms. The van der Waals surface area contributed by atoms with Crippen molar-refractivity contribution in [2.45, 2.75) is 13.1 Å². The molecule has 170 valence electrons. The summed E-state index contributed by atoms with van der Waals surface area (Å²) in [6.45, 7) is 0.212. The van der Waals surface area contributed by atoms with Crippen molar-refractivity contribution < 1.29 is 13.6 Å². The number of hydrogen-bond donors (Lipinski definition) is 2. The van der Waals surface area contributed by atoms with E-state index in [-0.39, 0.29) is 18.7 Å². The number of nitrogens with one attached hydrogen (secondary N) is 2. The summed E-state index contributed by atoms with van der Waals surface area (Å²) in [7, 11) is 0. The van der Waals surface area contributed by atoms with Gasteiger partial charge >= 0.3 is 0 Å². The van der Waals surface area contributed by atoms with Crippen LogP contribution in [0.1, 0.15) is 20.8 Å². The third-order valence-electron chi connectivity index (χ3n) is 5.26. The molecule has 34 heavy (non-hydrogen) atoms. The molecule has 0 aliphatic rings. The molecule has 5 rings (SSSR count). The monoisotopic (exact) mass is 477 g/mol. The van der Waals surface area contributed by atoms with E-state index in [1.807, 2.05) is 18.3 Å². The molecule has 4 heterocycles. The van der Waals surface area contributed by atoms with Gasteiger partial charge in [0.2, 0.25) is 0 Å². The van der Waals surface area contributed by atoms with Gasteiger partial charge in [-0.3, -0.25) is 9.59 Å². The number of carbonyl (C=O) groups excluding carboxylic acids is 1. The average molecular weight is 477 g/mol. The van der Waals surface area contributed by atoms with E-state index in [4.69, 9.17) is 0 Å². The second-order valence-electron chi connectivity index (χ2n) is 7.52. The highest BCUT2D eigenvalue weighted by Gasteiger charge is 2.15. The van der Waals surface area contributed by atoms with Gasteiger partial charge in [-0.15, -0.1) is 11.3 Å². The Bertz CT molecular complexity index is 1570. The number of rotatable bonds is 6. The van der Waals surface area contributed by atoms with Crippen molar-refractivity contribution in [3.8, 4) is 10.6 Å². The van der Waals surface area contributed by atoms with Crippen LogP contribution in [-0.4, -0.2) is 25.4 Å². The summed E-state index contributed by atoms with van der Waals surface area (Å²) < 4.78 is 27.9. The van der Waals surface area contributed by atoms with Crippen LogP contribution in [0.5, 0.6) is 0 Å². The predicted octanol–water partition coefficient (Wildman–Crippen LogP) is 4.10. The van der Waals surface area contributed by atoms with Crippen LogP contribution in [0.15, 0.2) is 72.0 Å². The Balaban J connectivity index is 1.29. The van der Waals surface area contributed by atoms with Crippen LogP contribution in [0.3, 0.4) is 0 Å². The number of carbonyl (C=O) groups is 1. The lowest BCUT2D eigenvalue weighted by molar-refractivity contribution is 0.0949. The first-order valence-corrected chi connectivity index (χ1v) is 11.1. The lowest BCUT2D eigenvalue weighted by Crippen LogP contribution is -2.32. The van der Waals surface area contributed by atoms with Gasteiger partial charge in [-0.05, 0) is 42.0 Å². The minimum Gasteiger partial charge on any atom is -0.347 e. The van der Waals surface area contributed by atoms with Crippen LogP contribution in [-0.2, 0) is 13.1 Å². The molecule has 0 radical (unpaired) electrons. The smallest absolute Gasteiger partial charge is 0.263 e. The average Bonchev–Trinajstić information content (AvgIpc) is 3.48. The van der Waals surface area contributed by atoms with E-state index in [9.17, 15) is 18.4 Å². The van der Waals surface area contributed by atoms with E-state index in [2.05, 4.69) is 20.3 Å². The van der Waals surface area contributed by atoms with E-state index in [0.717, 1.165) is 38.6 Å². The summed E-state index contributed by atoms with van der Waals surface area (Å²) in [5, 5.41) is 4.49. The fourth-order valence-corrected chi connectivity index (χ4v) is 4.46. The fourth-order valence-electron chi connectivity index (χ4n) is 3.58. The molecule has 7 nitrogen and oxygen atoms in total. The quantitative estimate of drug-likeness (QED) is 0.385. The largest absolute Gasteiger partial charge is 0.347 e. The molecule has 2 N–H and O–H groups in total. The van der Waals surface area contributed by atoms with Gasteiger partial charge in [-0.2, -0.15) is 0 Å². The number of benzene rings is 1. The molecular weight excluding hydrogens is 460 g/mol. The Hall–Kier alpha value is -4.18. The number of pyridine rings is 2. The van der Waals surface area contributed by atoms with E-state index >= 15 is 0 Å². The number of aromatic amines is 1. The Morgan fingerprint density at radius 1 is 1.12 bits per heavy atom. The summed E-state index contributed by atoms with van der Waals surface area (Å²) in [5.41, 5.74) is 1.53. The maximum absolute atomic E-state index is 13.5. The van der Waals surface area contributed by atoms with Crippen molar-refractivity contribution in [1.82, 2.24) is 24.8 Å². The molecule has 0 fully saturated rings. The van der Waals surface area contributed by atoms with Gasteiger partial charge in [-0.1, -0.05) is 6.07 Å². The van der Waals surface area contributed by atoms with Crippen molar-refractivity contribution >= 4 is 28.3 Å². The number of amides is 1. The summed E-state index contributed by atoms with van der Waals surface area (Å²) in [6.07, 6.45) is 6.73. The molecule has 0 unspecified atom stereocenters. The van der Waals surface area contributed by atoms with Crippen molar-refractivity contribution in [2.75, 3.05) is 0 Å². The summed E-state index contributed by atoms with van der Waals surface area (Å²) in [4.78, 5) is 38.1. The van der Waals surface area contributed by atoms with E-state index in [1.165, 1.54) is 34.2 Å². The summed E-state index contributed by atoms with van der Waals surface area (Å²) in [6, 6.07) is 10.2. The molecule has 0 saturated heterocycles. The molecular formula is C24H17F2N5O2S. The molecule has 1 amide bonds. The first kappa shape index (κ1) is 21.7. The Morgan fingerprint density at radius 2 is 2.00 bits per heavy atom. The summed E-state index contributed by atoms with van der Waals surface area (Å²) in [5.74, 6) is -2.49. The van der Waals surface area contributed by atoms with Crippen LogP contribution in [0.4, 0.5) is 8.78 Å². The number of nitrogens with zero attached hydrogens (tertiary/aromatic N) is 3. The molecule has 4 aromatic heterocycles. The Labute approximate surface area is 195 Å². The molecule has 0 aliphatic carbocycles. The zero-order chi connectivity index (χ0) is 23.7. The second-order valence-corrected chi connectivity index (χ2v) is 8.63. The van der Waals surface area contributed by atoms with Crippen LogP contribution in [0, 0.1) is 11.6 Å². The van der Waals surface area contributed by atoms with Gasteiger partial charge in [0.05, 0.1) is 13.1 Å². The number of thiazole rings is 1. The molecule has 0 aliphatic heterocycles. The molecule has 0 bridgehead atoms. The van der Waals surface area contributed by atoms with Crippen molar-refractivity contribution in [3.05, 3.63) is 105 Å². The topological polar surface area (TPSA) is 92.7 Å². The third-order valence-corrected chi connectivity index (χ3v) is 6.29. The number of hydrogen-bond acceptors (Lipinski definition) is 5. The first-order chi connectivity index (χ1) is 16.5.